The van der Waals surface area contributed by atoms with Crippen LogP contribution in [0.5, 0.6) is 0 Å². The summed E-state index contributed by atoms with van der Waals surface area (Å²) in [4.78, 5) is 28.6. The maximum Gasteiger partial charge on any atom is 0.225 e. The van der Waals surface area contributed by atoms with Gasteiger partial charge in [0, 0.05) is 31.1 Å². The molecule has 0 radical (unpaired) electrons. The fraction of sp³-hybridized carbons (Fsp3) is 0.556. The SMILES string of the molecule is CC(=O)NC(CC(=O)N1CCC(N2CCC2)C1)c1ccc(Cl)cc1. The van der Waals surface area contributed by atoms with Crippen LogP contribution in [0.4, 0.5) is 0 Å². The van der Waals surface area contributed by atoms with Crippen LogP contribution in [0.15, 0.2) is 24.3 Å². The highest BCUT2D eigenvalue weighted by Crippen LogP contribution is 2.24. The first-order chi connectivity index (χ1) is 11.5. The summed E-state index contributed by atoms with van der Waals surface area (Å²) in [6.45, 7) is 5.42. The van der Waals surface area contributed by atoms with E-state index in [4.69, 9.17) is 11.6 Å². The van der Waals surface area contributed by atoms with E-state index in [2.05, 4.69) is 10.2 Å². The number of rotatable bonds is 5. The fourth-order valence-electron chi connectivity index (χ4n) is 3.47. The average Bonchev–Trinajstić information content (AvgIpc) is 2.94. The van der Waals surface area contributed by atoms with Crippen molar-refractivity contribution < 1.29 is 9.59 Å². The molecule has 0 bridgehead atoms. The standard InChI is InChI=1S/C18H24ClN3O2/c1-13(23)20-17(14-3-5-15(19)6-4-14)11-18(24)22-10-7-16(12-22)21-8-2-9-21/h3-6,16-17H,2,7-12H2,1H3,(H,20,23). The van der Waals surface area contributed by atoms with Crippen LogP contribution in [-0.4, -0.2) is 53.8 Å². The Bertz CT molecular complexity index is 601. The fourth-order valence-corrected chi connectivity index (χ4v) is 3.59. The number of hydrogen-bond acceptors (Lipinski definition) is 3. The Morgan fingerprint density at radius 2 is 1.96 bits per heavy atom. The lowest BCUT2D eigenvalue weighted by atomic mass is 10.0. The van der Waals surface area contributed by atoms with Crippen molar-refractivity contribution in [2.45, 2.75) is 38.3 Å². The second-order valence-corrected chi connectivity index (χ2v) is 7.12. The van der Waals surface area contributed by atoms with Gasteiger partial charge in [-0.2, -0.15) is 0 Å². The minimum atomic E-state index is -0.310. The molecule has 2 aliphatic heterocycles. The summed E-state index contributed by atoms with van der Waals surface area (Å²) >= 11 is 5.93. The molecule has 2 unspecified atom stereocenters. The zero-order chi connectivity index (χ0) is 17.1. The Balaban J connectivity index is 1.62. The molecule has 3 rings (SSSR count). The lowest BCUT2D eigenvalue weighted by molar-refractivity contribution is -0.131. The molecule has 2 fully saturated rings. The first kappa shape index (κ1) is 17.2. The lowest BCUT2D eigenvalue weighted by Crippen LogP contribution is -2.46. The van der Waals surface area contributed by atoms with Crippen LogP contribution in [-0.2, 0) is 9.59 Å². The number of hydrogen-bond donors (Lipinski definition) is 1. The minimum absolute atomic E-state index is 0.103. The quantitative estimate of drug-likeness (QED) is 0.886. The molecule has 0 aromatic heterocycles. The zero-order valence-electron chi connectivity index (χ0n) is 14.0. The van der Waals surface area contributed by atoms with Crippen molar-refractivity contribution in [2.75, 3.05) is 26.2 Å². The molecule has 0 spiro atoms. The summed E-state index contributed by atoms with van der Waals surface area (Å²) in [5.41, 5.74) is 0.904. The summed E-state index contributed by atoms with van der Waals surface area (Å²) in [6.07, 6.45) is 2.61. The van der Waals surface area contributed by atoms with E-state index in [1.54, 1.807) is 12.1 Å². The molecule has 1 aromatic rings. The van der Waals surface area contributed by atoms with Crippen molar-refractivity contribution in [3.8, 4) is 0 Å². The minimum Gasteiger partial charge on any atom is -0.349 e. The molecular formula is C18H24ClN3O2. The number of nitrogens with one attached hydrogen (secondary N) is 1. The molecule has 130 valence electrons. The molecule has 2 aliphatic rings. The predicted octanol–water partition coefficient (Wildman–Crippen LogP) is 2.21. The number of amides is 2. The molecule has 2 heterocycles. The molecule has 1 aromatic carbocycles. The van der Waals surface area contributed by atoms with E-state index in [0.717, 1.165) is 38.2 Å². The van der Waals surface area contributed by atoms with Crippen LogP contribution >= 0.6 is 11.6 Å². The molecule has 1 N–H and O–H groups in total. The van der Waals surface area contributed by atoms with E-state index < -0.39 is 0 Å². The van der Waals surface area contributed by atoms with Gasteiger partial charge in [-0.3, -0.25) is 14.5 Å². The van der Waals surface area contributed by atoms with Gasteiger partial charge in [-0.15, -0.1) is 0 Å². The molecule has 24 heavy (non-hydrogen) atoms. The average molecular weight is 350 g/mol. The number of nitrogens with zero attached hydrogens (tertiary/aromatic N) is 2. The molecule has 2 amide bonds. The van der Waals surface area contributed by atoms with Crippen molar-refractivity contribution >= 4 is 23.4 Å². The van der Waals surface area contributed by atoms with Gasteiger partial charge in [-0.05, 0) is 43.6 Å². The summed E-state index contributed by atoms with van der Waals surface area (Å²) in [5, 5.41) is 3.53. The lowest BCUT2D eigenvalue weighted by Gasteiger charge is -2.36. The van der Waals surface area contributed by atoms with E-state index in [9.17, 15) is 9.59 Å². The molecule has 2 saturated heterocycles. The molecule has 6 heteroatoms. The highest BCUT2D eigenvalue weighted by Gasteiger charge is 2.33. The second kappa shape index (κ2) is 7.53. The second-order valence-electron chi connectivity index (χ2n) is 6.68. The van der Waals surface area contributed by atoms with Crippen molar-refractivity contribution in [3.05, 3.63) is 34.9 Å². The van der Waals surface area contributed by atoms with Gasteiger partial charge in [0.25, 0.3) is 0 Å². The van der Waals surface area contributed by atoms with Crippen molar-refractivity contribution in [1.82, 2.24) is 15.1 Å². The predicted molar refractivity (Wildman–Crippen MR) is 93.8 cm³/mol. The molecule has 0 aliphatic carbocycles. The van der Waals surface area contributed by atoms with Crippen LogP contribution < -0.4 is 5.32 Å². The number of carbonyl (C=O) groups is 2. The van der Waals surface area contributed by atoms with Gasteiger partial charge in [0.15, 0.2) is 0 Å². The van der Waals surface area contributed by atoms with Gasteiger partial charge in [0.2, 0.25) is 11.8 Å². The van der Waals surface area contributed by atoms with E-state index in [0.29, 0.717) is 11.1 Å². The normalized spacial score (nSPS) is 22.1. The van der Waals surface area contributed by atoms with E-state index in [1.165, 1.54) is 13.3 Å². The highest BCUT2D eigenvalue weighted by atomic mass is 35.5. The molecular weight excluding hydrogens is 326 g/mol. The van der Waals surface area contributed by atoms with Crippen molar-refractivity contribution in [1.29, 1.82) is 0 Å². The van der Waals surface area contributed by atoms with Gasteiger partial charge >= 0.3 is 0 Å². The van der Waals surface area contributed by atoms with Gasteiger partial charge < -0.3 is 10.2 Å². The third-order valence-electron chi connectivity index (χ3n) is 4.95. The molecule has 2 atom stereocenters. The van der Waals surface area contributed by atoms with Gasteiger partial charge in [0.05, 0.1) is 12.5 Å². The van der Waals surface area contributed by atoms with Crippen LogP contribution in [0.2, 0.25) is 5.02 Å². The van der Waals surface area contributed by atoms with Crippen molar-refractivity contribution in [2.24, 2.45) is 0 Å². The Kier molecular flexibility index (Phi) is 5.41. The Morgan fingerprint density at radius 3 is 2.54 bits per heavy atom. The number of halogens is 1. The molecule has 5 nitrogen and oxygen atoms in total. The smallest absolute Gasteiger partial charge is 0.225 e. The van der Waals surface area contributed by atoms with E-state index in [-0.39, 0.29) is 24.3 Å². The third-order valence-corrected chi connectivity index (χ3v) is 5.20. The van der Waals surface area contributed by atoms with Crippen LogP contribution in [0.3, 0.4) is 0 Å². The van der Waals surface area contributed by atoms with E-state index >= 15 is 0 Å². The first-order valence-corrected chi connectivity index (χ1v) is 8.95. The Morgan fingerprint density at radius 1 is 1.25 bits per heavy atom. The van der Waals surface area contributed by atoms with Crippen molar-refractivity contribution in [3.63, 3.8) is 0 Å². The van der Waals surface area contributed by atoms with E-state index in [1.807, 2.05) is 17.0 Å². The highest BCUT2D eigenvalue weighted by molar-refractivity contribution is 6.30. The topological polar surface area (TPSA) is 52.7 Å². The van der Waals surface area contributed by atoms with Crippen LogP contribution in [0, 0.1) is 0 Å². The Hall–Kier alpha value is -1.59. The summed E-state index contributed by atoms with van der Waals surface area (Å²) in [5.74, 6) is -0.0330. The number of likely N-dealkylation sites (tertiary alicyclic amines) is 2. The first-order valence-electron chi connectivity index (χ1n) is 8.57. The van der Waals surface area contributed by atoms with Gasteiger partial charge in [-0.25, -0.2) is 0 Å². The summed E-state index contributed by atoms with van der Waals surface area (Å²) in [7, 11) is 0. The van der Waals surface area contributed by atoms with Gasteiger partial charge in [-0.1, -0.05) is 23.7 Å². The largest absolute Gasteiger partial charge is 0.349 e. The number of benzene rings is 1. The number of carbonyl (C=O) groups excluding carboxylic acids is 2. The zero-order valence-corrected chi connectivity index (χ0v) is 14.8. The maximum atomic E-state index is 12.7. The van der Waals surface area contributed by atoms with Crippen LogP contribution in [0.1, 0.15) is 37.8 Å². The van der Waals surface area contributed by atoms with Gasteiger partial charge in [0.1, 0.15) is 0 Å². The third kappa shape index (κ3) is 4.08. The maximum absolute atomic E-state index is 12.7. The van der Waals surface area contributed by atoms with Crippen LogP contribution in [0.25, 0.3) is 0 Å². The summed E-state index contributed by atoms with van der Waals surface area (Å²) in [6, 6.07) is 7.50. The monoisotopic (exact) mass is 349 g/mol. The summed E-state index contributed by atoms with van der Waals surface area (Å²) < 4.78 is 0. The molecule has 0 saturated carbocycles. The Labute approximate surface area is 147 Å².